The van der Waals surface area contributed by atoms with E-state index in [1.807, 2.05) is 6.07 Å². The second-order valence-electron chi connectivity index (χ2n) is 10.7. The summed E-state index contributed by atoms with van der Waals surface area (Å²) in [5.41, 5.74) is 15.1. The van der Waals surface area contributed by atoms with Crippen LogP contribution in [0.5, 0.6) is 0 Å². The van der Waals surface area contributed by atoms with Gasteiger partial charge in [-0.1, -0.05) is 50.6 Å². The molecule has 8 bridgehead atoms. The molecule has 5 nitrogen and oxygen atoms in total. The van der Waals surface area contributed by atoms with E-state index >= 15 is 0 Å². The summed E-state index contributed by atoms with van der Waals surface area (Å²) in [6, 6.07) is 12.6. The van der Waals surface area contributed by atoms with Gasteiger partial charge in [-0.3, -0.25) is 0 Å². The van der Waals surface area contributed by atoms with E-state index < -0.39 is 0 Å². The maximum absolute atomic E-state index is 5.20. The zero-order chi connectivity index (χ0) is 28.0. The maximum atomic E-state index is 5.20. The molecular weight excluding hydrogens is 490 g/mol. The highest BCUT2D eigenvalue weighted by Gasteiger charge is 2.25. The van der Waals surface area contributed by atoms with E-state index in [0.29, 0.717) is 0 Å². The van der Waals surface area contributed by atoms with Gasteiger partial charge >= 0.3 is 0 Å². The summed E-state index contributed by atoms with van der Waals surface area (Å²) in [7, 11) is 0. The number of para-hydroxylation sites is 1. The molecule has 0 unspecified atom stereocenters. The molecule has 0 fully saturated rings. The Morgan fingerprint density at radius 2 is 1.23 bits per heavy atom. The van der Waals surface area contributed by atoms with Crippen molar-refractivity contribution in [1.82, 2.24) is 10.1 Å². The molecule has 0 amide bonds. The number of aromatic amines is 2. The minimum atomic E-state index is 0.935. The Kier molecular flexibility index (Phi) is 6.75. The SMILES string of the molecule is CCC1=C(C)C2=Cc3cc([n+](-c4ccccc4)[nH]3)C=C3N=C(C=c4[nH]c(c(CC)c4CC)=CC1=N2)C(CC)=C3C. The van der Waals surface area contributed by atoms with E-state index in [1.54, 1.807) is 0 Å². The van der Waals surface area contributed by atoms with Crippen LogP contribution in [0.3, 0.4) is 0 Å². The van der Waals surface area contributed by atoms with E-state index in [9.17, 15) is 0 Å². The Morgan fingerprint density at radius 3 is 1.75 bits per heavy atom. The van der Waals surface area contributed by atoms with Crippen molar-refractivity contribution in [1.29, 1.82) is 0 Å². The summed E-state index contributed by atoms with van der Waals surface area (Å²) in [6.07, 6.45) is 12.7. The highest BCUT2D eigenvalue weighted by Crippen LogP contribution is 2.31. The second kappa shape index (κ2) is 10.4. The summed E-state index contributed by atoms with van der Waals surface area (Å²) in [4.78, 5) is 14.2. The van der Waals surface area contributed by atoms with Crippen molar-refractivity contribution >= 4 is 35.7 Å². The molecule has 5 heteroatoms. The average molecular weight is 529 g/mol. The van der Waals surface area contributed by atoms with Crippen molar-refractivity contribution in [3.63, 3.8) is 0 Å². The lowest BCUT2D eigenvalue weighted by Crippen LogP contribution is -2.35. The number of nitrogens with one attached hydrogen (secondary N) is 2. The summed E-state index contributed by atoms with van der Waals surface area (Å²) in [5, 5.41) is 5.95. The van der Waals surface area contributed by atoms with E-state index in [-0.39, 0.29) is 0 Å². The van der Waals surface area contributed by atoms with Crippen molar-refractivity contribution in [3.05, 3.63) is 103 Å². The monoisotopic (exact) mass is 528 g/mol. The fourth-order valence-electron chi connectivity index (χ4n) is 6.32. The minimum Gasteiger partial charge on any atom is -0.355 e. The summed E-state index contributed by atoms with van der Waals surface area (Å²) < 4.78 is 2.14. The van der Waals surface area contributed by atoms with Crippen molar-refractivity contribution in [2.45, 2.75) is 67.2 Å². The Balaban J connectivity index is 1.69. The first-order valence-electron chi connectivity index (χ1n) is 14.6. The fraction of sp³-hybridized carbons (Fsp3) is 0.286. The van der Waals surface area contributed by atoms with Gasteiger partial charge < -0.3 is 4.98 Å². The van der Waals surface area contributed by atoms with Gasteiger partial charge in [0.1, 0.15) is 5.69 Å². The molecule has 6 rings (SSSR count). The van der Waals surface area contributed by atoms with Crippen LogP contribution >= 0.6 is 0 Å². The van der Waals surface area contributed by atoms with E-state index in [4.69, 9.17) is 9.98 Å². The third-order valence-corrected chi connectivity index (χ3v) is 8.43. The van der Waals surface area contributed by atoms with Crippen molar-refractivity contribution in [2.75, 3.05) is 0 Å². The minimum absolute atomic E-state index is 0.935. The van der Waals surface area contributed by atoms with Crippen LogP contribution < -0.4 is 15.4 Å². The fourth-order valence-corrected chi connectivity index (χ4v) is 6.32. The van der Waals surface area contributed by atoms with E-state index in [0.717, 1.165) is 76.3 Å². The third kappa shape index (κ3) is 4.30. The van der Waals surface area contributed by atoms with Gasteiger partial charge in [0.05, 0.1) is 22.8 Å². The molecule has 0 saturated carbocycles. The lowest BCUT2D eigenvalue weighted by Gasteiger charge is -2.01. The standard InChI is InChI=1S/C35H37N5/c1-7-26-21(5)30-17-23-16-25(40(39-23)24-14-12-11-13-15-24)18-31-22(6)27(8-2)33(37-31)20-35-29(10-4)28(9-3)34(38-35)19-32(26)36-30/h11-20H,7-10H2,1-6H3,(H,36,37,38,39)/p+1. The van der Waals surface area contributed by atoms with Gasteiger partial charge in [-0.2, -0.15) is 5.10 Å². The van der Waals surface area contributed by atoms with Crippen LogP contribution in [0, 0.1) is 0 Å². The number of allylic oxidation sites excluding steroid dienone is 4. The smallest absolute Gasteiger partial charge is 0.240 e. The molecule has 3 aliphatic heterocycles. The van der Waals surface area contributed by atoms with E-state index in [2.05, 4.69) is 111 Å². The lowest BCUT2D eigenvalue weighted by molar-refractivity contribution is -0.657. The molecule has 202 valence electrons. The quantitative estimate of drug-likeness (QED) is 0.378. The predicted molar refractivity (Wildman–Crippen MR) is 167 cm³/mol. The number of fused-ring (bicyclic) bond motifs is 6. The zero-order valence-electron chi connectivity index (χ0n) is 24.4. The molecule has 0 aliphatic carbocycles. The molecule has 0 saturated heterocycles. The number of hydrogen-bond acceptors (Lipinski definition) is 2. The molecule has 0 spiro atoms. The van der Waals surface area contributed by atoms with Crippen LogP contribution in [0.25, 0.3) is 30.0 Å². The van der Waals surface area contributed by atoms with Crippen LogP contribution in [-0.4, -0.2) is 21.5 Å². The van der Waals surface area contributed by atoms with Crippen molar-refractivity contribution < 1.29 is 4.68 Å². The molecule has 40 heavy (non-hydrogen) atoms. The third-order valence-electron chi connectivity index (χ3n) is 8.43. The van der Waals surface area contributed by atoms with Crippen LogP contribution in [0.15, 0.2) is 80.1 Å². The van der Waals surface area contributed by atoms with Gasteiger partial charge in [0.2, 0.25) is 11.4 Å². The van der Waals surface area contributed by atoms with Crippen LogP contribution in [-0.2, 0) is 12.8 Å². The summed E-state index contributed by atoms with van der Waals surface area (Å²) in [5.74, 6) is 0. The molecule has 2 aromatic heterocycles. The molecule has 0 radical (unpaired) electrons. The molecule has 5 heterocycles. The number of benzene rings is 1. The highest BCUT2D eigenvalue weighted by molar-refractivity contribution is 6.24. The first-order valence-corrected chi connectivity index (χ1v) is 14.6. The number of aliphatic imine (C=N–C) groups is 2. The van der Waals surface area contributed by atoms with Gasteiger partial charge in [-0.25, -0.2) is 9.98 Å². The van der Waals surface area contributed by atoms with Gasteiger partial charge in [0.15, 0.2) is 0 Å². The van der Waals surface area contributed by atoms with Gasteiger partial charge in [-0.05, 0) is 91.2 Å². The normalized spacial score (nSPS) is 16.4. The Labute approximate surface area is 236 Å². The van der Waals surface area contributed by atoms with Crippen molar-refractivity contribution in [2.24, 2.45) is 9.98 Å². The second-order valence-corrected chi connectivity index (χ2v) is 10.7. The largest absolute Gasteiger partial charge is 0.355 e. The topological polar surface area (TPSA) is 60.2 Å². The number of rotatable bonds is 5. The van der Waals surface area contributed by atoms with Crippen LogP contribution in [0.1, 0.15) is 76.9 Å². The molecular formula is C35H38N5+. The molecule has 3 aliphatic rings. The van der Waals surface area contributed by atoms with E-state index in [1.165, 1.54) is 33.4 Å². The Bertz CT molecular complexity index is 1830. The number of nitrogens with zero attached hydrogens (tertiary/aromatic N) is 3. The summed E-state index contributed by atoms with van der Waals surface area (Å²) >= 11 is 0. The molecule has 0 atom stereocenters. The van der Waals surface area contributed by atoms with Gasteiger partial charge in [0.25, 0.3) is 0 Å². The number of H-pyrrole nitrogens is 2. The van der Waals surface area contributed by atoms with Gasteiger partial charge in [0, 0.05) is 35.0 Å². The summed E-state index contributed by atoms with van der Waals surface area (Å²) in [6.45, 7) is 13.3. The zero-order valence-corrected chi connectivity index (χ0v) is 24.4. The highest BCUT2D eigenvalue weighted by atomic mass is 15.3. The maximum Gasteiger partial charge on any atom is 0.240 e. The van der Waals surface area contributed by atoms with Crippen LogP contribution in [0.4, 0.5) is 0 Å². The Hall–Kier alpha value is -4.25. The van der Waals surface area contributed by atoms with Crippen LogP contribution in [0.2, 0.25) is 0 Å². The number of aromatic nitrogens is 3. The lowest BCUT2D eigenvalue weighted by atomic mass is 10.0. The first-order chi connectivity index (χ1) is 19.4. The first kappa shape index (κ1) is 26.0. The molecule has 3 aromatic rings. The predicted octanol–water partition coefficient (Wildman–Crippen LogP) is 6.06. The average Bonchev–Trinajstić information content (AvgIpc) is 3.67. The van der Waals surface area contributed by atoms with Crippen molar-refractivity contribution in [3.8, 4) is 5.69 Å². The Morgan fingerprint density at radius 1 is 0.675 bits per heavy atom. The number of hydrogen-bond donors (Lipinski definition) is 2. The van der Waals surface area contributed by atoms with Gasteiger partial charge in [-0.15, -0.1) is 0 Å². The molecule has 2 N–H and O–H groups in total. The molecule has 1 aromatic carbocycles.